The lowest BCUT2D eigenvalue weighted by Gasteiger charge is -2.31. The molecule has 1 atom stereocenters. The molecule has 1 aromatic carbocycles. The number of ketones is 1. The maximum absolute atomic E-state index is 13.9. The number of halogens is 1. The number of benzene rings is 1. The number of nitrogens with zero attached hydrogens (tertiary/aromatic N) is 1. The monoisotopic (exact) mass is 265 g/mol. The number of ether oxygens (including phenoxy) is 1. The van der Waals surface area contributed by atoms with Crippen molar-refractivity contribution >= 4 is 5.78 Å². The van der Waals surface area contributed by atoms with Crippen LogP contribution in [0.3, 0.4) is 0 Å². The Bertz CT molecular complexity index is 461. The van der Waals surface area contributed by atoms with Crippen molar-refractivity contribution in [1.29, 1.82) is 0 Å². The van der Waals surface area contributed by atoms with Crippen LogP contribution in [0.1, 0.15) is 25.3 Å². The molecule has 104 valence electrons. The van der Waals surface area contributed by atoms with Gasteiger partial charge in [0.1, 0.15) is 17.3 Å². The Morgan fingerprint density at radius 3 is 2.89 bits per heavy atom. The zero-order valence-corrected chi connectivity index (χ0v) is 11.5. The Labute approximate surface area is 113 Å². The minimum atomic E-state index is -0.246. The Balaban J connectivity index is 2.03. The van der Waals surface area contributed by atoms with E-state index in [4.69, 9.17) is 4.74 Å². The topological polar surface area (TPSA) is 29.5 Å². The number of hydrogen-bond donors (Lipinski definition) is 0. The van der Waals surface area contributed by atoms with Gasteiger partial charge < -0.3 is 4.74 Å². The van der Waals surface area contributed by atoms with Gasteiger partial charge in [0.2, 0.25) is 0 Å². The molecule has 1 unspecified atom stereocenters. The molecule has 0 spiro atoms. The molecule has 1 aromatic rings. The van der Waals surface area contributed by atoms with Crippen molar-refractivity contribution in [1.82, 2.24) is 4.90 Å². The smallest absolute Gasteiger partial charge is 0.138 e. The van der Waals surface area contributed by atoms with Gasteiger partial charge in [0.25, 0.3) is 0 Å². The van der Waals surface area contributed by atoms with Gasteiger partial charge in [0.05, 0.1) is 7.11 Å². The summed E-state index contributed by atoms with van der Waals surface area (Å²) in [5.74, 6) is 0.731. The molecule has 0 N–H and O–H groups in total. The molecule has 0 aromatic heterocycles. The van der Waals surface area contributed by atoms with Gasteiger partial charge in [-0.25, -0.2) is 4.39 Å². The normalized spacial score (nSPS) is 20.6. The number of piperidine rings is 1. The van der Waals surface area contributed by atoms with E-state index in [9.17, 15) is 9.18 Å². The molecule has 0 bridgehead atoms. The average molecular weight is 265 g/mol. The fraction of sp³-hybridized carbons (Fsp3) is 0.533. The van der Waals surface area contributed by atoms with Gasteiger partial charge in [-0.3, -0.25) is 9.69 Å². The number of methoxy groups -OCH3 is 1. The number of likely N-dealkylation sites (tertiary alicyclic amines) is 1. The van der Waals surface area contributed by atoms with Gasteiger partial charge in [0.15, 0.2) is 0 Å². The van der Waals surface area contributed by atoms with Crippen molar-refractivity contribution in [3.63, 3.8) is 0 Å². The quantitative estimate of drug-likeness (QED) is 0.838. The largest absolute Gasteiger partial charge is 0.497 e. The van der Waals surface area contributed by atoms with Gasteiger partial charge in [-0.1, -0.05) is 13.0 Å². The molecule has 2 rings (SSSR count). The minimum Gasteiger partial charge on any atom is -0.497 e. The summed E-state index contributed by atoms with van der Waals surface area (Å²) in [5, 5.41) is 0. The summed E-state index contributed by atoms with van der Waals surface area (Å²) in [7, 11) is 1.52. The van der Waals surface area contributed by atoms with E-state index < -0.39 is 0 Å². The second kappa shape index (κ2) is 6.15. The maximum Gasteiger partial charge on any atom is 0.138 e. The number of rotatable bonds is 4. The second-order valence-electron chi connectivity index (χ2n) is 5.01. The van der Waals surface area contributed by atoms with Crippen LogP contribution in [0, 0.1) is 11.7 Å². The van der Waals surface area contributed by atoms with Crippen LogP contribution in [-0.4, -0.2) is 30.9 Å². The van der Waals surface area contributed by atoms with E-state index >= 15 is 0 Å². The summed E-state index contributed by atoms with van der Waals surface area (Å²) in [6.45, 7) is 4.04. The molecular formula is C15H20FNO2. The first-order chi connectivity index (χ1) is 9.13. The Morgan fingerprint density at radius 2 is 2.26 bits per heavy atom. The summed E-state index contributed by atoms with van der Waals surface area (Å²) in [6.07, 6.45) is 1.44. The van der Waals surface area contributed by atoms with Crippen molar-refractivity contribution < 1.29 is 13.9 Å². The SMILES string of the molecule is CCC1CN(Cc2ccc(OC)cc2F)CCC1=O. The highest BCUT2D eigenvalue weighted by atomic mass is 19.1. The number of carbonyl (C=O) groups is 1. The molecule has 1 aliphatic heterocycles. The minimum absolute atomic E-state index is 0.107. The Hall–Kier alpha value is -1.42. The molecular weight excluding hydrogens is 245 g/mol. The first-order valence-electron chi connectivity index (χ1n) is 6.71. The first-order valence-corrected chi connectivity index (χ1v) is 6.71. The van der Waals surface area contributed by atoms with Crippen molar-refractivity contribution in [3.05, 3.63) is 29.6 Å². The lowest BCUT2D eigenvalue weighted by atomic mass is 9.94. The fourth-order valence-corrected chi connectivity index (χ4v) is 2.50. The molecule has 0 amide bonds. The van der Waals surface area contributed by atoms with Crippen molar-refractivity contribution in [2.75, 3.05) is 20.2 Å². The average Bonchev–Trinajstić information content (AvgIpc) is 2.43. The number of Topliss-reactive ketones (excluding diaryl/α,β-unsaturated/α-hetero) is 1. The zero-order valence-electron chi connectivity index (χ0n) is 11.5. The van der Waals surface area contributed by atoms with Gasteiger partial charge >= 0.3 is 0 Å². The molecule has 1 fully saturated rings. The standard InChI is InChI=1S/C15H20FNO2/c1-3-11-9-17(7-6-15(11)18)10-12-4-5-13(19-2)8-14(12)16/h4-5,8,11H,3,6-7,9-10H2,1-2H3. The van der Waals surface area contributed by atoms with Crippen LogP contribution in [0.2, 0.25) is 0 Å². The van der Waals surface area contributed by atoms with Crippen molar-refractivity contribution in [3.8, 4) is 5.75 Å². The van der Waals surface area contributed by atoms with Crippen molar-refractivity contribution in [2.24, 2.45) is 5.92 Å². The molecule has 19 heavy (non-hydrogen) atoms. The third-order valence-corrected chi connectivity index (χ3v) is 3.76. The highest BCUT2D eigenvalue weighted by Crippen LogP contribution is 2.21. The molecule has 1 heterocycles. The summed E-state index contributed by atoms with van der Waals surface area (Å²) in [4.78, 5) is 13.8. The molecule has 1 saturated heterocycles. The predicted octanol–water partition coefficient (Wildman–Crippen LogP) is 2.64. The van der Waals surface area contributed by atoms with E-state index in [2.05, 4.69) is 4.90 Å². The Morgan fingerprint density at radius 1 is 1.47 bits per heavy atom. The Kier molecular flexibility index (Phi) is 4.53. The highest BCUT2D eigenvalue weighted by Gasteiger charge is 2.25. The van der Waals surface area contributed by atoms with Crippen LogP contribution in [0.5, 0.6) is 5.75 Å². The summed E-state index contributed by atoms with van der Waals surface area (Å²) in [6, 6.07) is 4.93. The van der Waals surface area contributed by atoms with E-state index in [1.807, 2.05) is 6.92 Å². The molecule has 0 saturated carbocycles. The molecule has 1 aliphatic rings. The van der Waals surface area contributed by atoms with Gasteiger partial charge in [0, 0.05) is 43.6 Å². The van der Waals surface area contributed by atoms with E-state index in [1.54, 1.807) is 12.1 Å². The summed E-state index contributed by atoms with van der Waals surface area (Å²) >= 11 is 0. The molecule has 0 radical (unpaired) electrons. The zero-order chi connectivity index (χ0) is 13.8. The van der Waals surface area contributed by atoms with Crippen LogP contribution in [0.15, 0.2) is 18.2 Å². The highest BCUT2D eigenvalue weighted by molar-refractivity contribution is 5.82. The van der Waals surface area contributed by atoms with E-state index in [-0.39, 0.29) is 11.7 Å². The fourth-order valence-electron chi connectivity index (χ4n) is 2.50. The van der Waals surface area contributed by atoms with Crippen LogP contribution >= 0.6 is 0 Å². The van der Waals surface area contributed by atoms with E-state index in [0.717, 1.165) is 19.5 Å². The molecule has 3 nitrogen and oxygen atoms in total. The maximum atomic E-state index is 13.9. The van der Waals surface area contributed by atoms with E-state index in [0.29, 0.717) is 30.1 Å². The van der Waals surface area contributed by atoms with Crippen LogP contribution in [0.4, 0.5) is 4.39 Å². The third kappa shape index (κ3) is 3.32. The first kappa shape index (κ1) is 14.0. The molecule has 4 heteroatoms. The van der Waals surface area contributed by atoms with Gasteiger partial charge in [-0.2, -0.15) is 0 Å². The number of hydrogen-bond acceptors (Lipinski definition) is 3. The van der Waals surface area contributed by atoms with Gasteiger partial charge in [-0.15, -0.1) is 0 Å². The molecule has 0 aliphatic carbocycles. The summed E-state index contributed by atoms with van der Waals surface area (Å²) < 4.78 is 18.9. The van der Waals surface area contributed by atoms with Crippen LogP contribution in [0.25, 0.3) is 0 Å². The lowest BCUT2D eigenvalue weighted by molar-refractivity contribution is -0.126. The summed E-state index contributed by atoms with van der Waals surface area (Å²) in [5.41, 5.74) is 0.657. The second-order valence-corrected chi connectivity index (χ2v) is 5.01. The lowest BCUT2D eigenvalue weighted by Crippen LogP contribution is -2.40. The third-order valence-electron chi connectivity index (χ3n) is 3.76. The van der Waals surface area contributed by atoms with Crippen LogP contribution in [-0.2, 0) is 11.3 Å². The van der Waals surface area contributed by atoms with Crippen LogP contribution < -0.4 is 4.74 Å². The number of carbonyl (C=O) groups excluding carboxylic acids is 1. The van der Waals surface area contributed by atoms with Gasteiger partial charge in [-0.05, 0) is 12.5 Å². The predicted molar refractivity (Wildman–Crippen MR) is 71.6 cm³/mol. The van der Waals surface area contributed by atoms with E-state index in [1.165, 1.54) is 13.2 Å². The van der Waals surface area contributed by atoms with Crippen molar-refractivity contribution in [2.45, 2.75) is 26.3 Å².